The molecule has 0 aliphatic carbocycles. The zero-order valence-corrected chi connectivity index (χ0v) is 16.8. The highest BCUT2D eigenvalue weighted by molar-refractivity contribution is 5.80. The summed E-state index contributed by atoms with van der Waals surface area (Å²) >= 11 is 0. The lowest BCUT2D eigenvalue weighted by Crippen LogP contribution is -2.52. The van der Waals surface area contributed by atoms with E-state index >= 15 is 0 Å². The minimum absolute atomic E-state index is 0.0652. The summed E-state index contributed by atoms with van der Waals surface area (Å²) in [6, 6.07) is 9.09. The van der Waals surface area contributed by atoms with Crippen LogP contribution in [0.2, 0.25) is 0 Å². The molecule has 2 aromatic rings. The van der Waals surface area contributed by atoms with Crippen LogP contribution >= 0.6 is 0 Å². The number of hydrogen-bond acceptors (Lipinski definition) is 5. The first-order valence-electron chi connectivity index (χ1n) is 9.64. The van der Waals surface area contributed by atoms with Crippen LogP contribution in [-0.4, -0.2) is 66.8 Å². The van der Waals surface area contributed by atoms with E-state index in [9.17, 15) is 13.2 Å². The van der Waals surface area contributed by atoms with Crippen molar-refractivity contribution >= 4 is 11.9 Å². The van der Waals surface area contributed by atoms with Crippen molar-refractivity contribution in [1.82, 2.24) is 20.2 Å². The maximum Gasteiger partial charge on any atom is 0.411 e. The van der Waals surface area contributed by atoms with Gasteiger partial charge in [-0.2, -0.15) is 13.2 Å². The molecule has 162 valence electrons. The standard InChI is InChI=1S/C20H25F3N6O/c1-24-18(28-9-11-29(12-10-28)19-25-7-2-8-26-19)27-13-16-3-5-17(6-4-16)14-30-15-20(21,22)23/h2-8H,9-15H2,1H3,(H,24,27). The monoisotopic (exact) mass is 422 g/mol. The van der Waals surface area contributed by atoms with Crippen molar-refractivity contribution in [3.8, 4) is 0 Å². The molecule has 1 saturated heterocycles. The zero-order chi connectivity index (χ0) is 21.4. The lowest BCUT2D eigenvalue weighted by atomic mass is 10.1. The molecule has 10 heteroatoms. The number of benzene rings is 1. The highest BCUT2D eigenvalue weighted by atomic mass is 19.4. The van der Waals surface area contributed by atoms with E-state index in [-0.39, 0.29) is 6.61 Å². The molecular weight excluding hydrogens is 397 g/mol. The van der Waals surface area contributed by atoms with E-state index in [2.05, 4.69) is 34.8 Å². The van der Waals surface area contributed by atoms with E-state index in [1.165, 1.54) is 0 Å². The number of nitrogens with one attached hydrogen (secondary N) is 1. The Morgan fingerprint density at radius 3 is 2.30 bits per heavy atom. The van der Waals surface area contributed by atoms with E-state index in [0.717, 1.165) is 43.7 Å². The zero-order valence-electron chi connectivity index (χ0n) is 16.8. The van der Waals surface area contributed by atoms with Crippen molar-refractivity contribution in [2.24, 2.45) is 4.99 Å². The average molecular weight is 422 g/mol. The van der Waals surface area contributed by atoms with Gasteiger partial charge in [-0.3, -0.25) is 4.99 Å². The molecule has 0 radical (unpaired) electrons. The minimum atomic E-state index is -4.31. The molecule has 1 fully saturated rings. The summed E-state index contributed by atoms with van der Waals surface area (Å²) in [4.78, 5) is 17.3. The van der Waals surface area contributed by atoms with Crippen LogP contribution in [0.25, 0.3) is 0 Å². The van der Waals surface area contributed by atoms with Gasteiger partial charge < -0.3 is 19.9 Å². The lowest BCUT2D eigenvalue weighted by Gasteiger charge is -2.36. The van der Waals surface area contributed by atoms with E-state index in [4.69, 9.17) is 0 Å². The SMILES string of the molecule is CN=C(NCc1ccc(COCC(F)(F)F)cc1)N1CCN(c2ncccn2)CC1. The number of rotatable bonds is 6. The summed E-state index contributed by atoms with van der Waals surface area (Å²) in [5.41, 5.74) is 1.71. The van der Waals surface area contributed by atoms with Gasteiger partial charge in [0.2, 0.25) is 5.95 Å². The molecule has 0 unspecified atom stereocenters. The third-order valence-corrected chi connectivity index (χ3v) is 4.63. The Morgan fingerprint density at radius 2 is 1.70 bits per heavy atom. The van der Waals surface area contributed by atoms with Crippen molar-refractivity contribution in [3.05, 3.63) is 53.9 Å². The topological polar surface area (TPSA) is 65.9 Å². The van der Waals surface area contributed by atoms with Crippen molar-refractivity contribution < 1.29 is 17.9 Å². The quantitative estimate of drug-likeness (QED) is 0.570. The van der Waals surface area contributed by atoms with Crippen molar-refractivity contribution in [3.63, 3.8) is 0 Å². The Kier molecular flexibility index (Phi) is 7.45. The van der Waals surface area contributed by atoms with Crippen LogP contribution in [0.5, 0.6) is 0 Å². The average Bonchev–Trinajstić information content (AvgIpc) is 2.75. The molecule has 7 nitrogen and oxygen atoms in total. The Balaban J connectivity index is 1.44. The molecule has 1 aromatic carbocycles. The van der Waals surface area contributed by atoms with Crippen LogP contribution in [0.3, 0.4) is 0 Å². The van der Waals surface area contributed by atoms with Crippen LogP contribution in [0.4, 0.5) is 19.1 Å². The van der Waals surface area contributed by atoms with Gasteiger partial charge in [-0.15, -0.1) is 0 Å². The maximum atomic E-state index is 12.1. The summed E-state index contributed by atoms with van der Waals surface area (Å²) < 4.78 is 41.1. The summed E-state index contributed by atoms with van der Waals surface area (Å²) in [7, 11) is 1.75. The first-order chi connectivity index (χ1) is 14.4. The van der Waals surface area contributed by atoms with Crippen molar-refractivity contribution in [1.29, 1.82) is 0 Å². The Labute approximate surface area is 173 Å². The smallest absolute Gasteiger partial charge is 0.367 e. The van der Waals surface area contributed by atoms with E-state index in [1.807, 2.05) is 12.1 Å². The van der Waals surface area contributed by atoms with Crippen LogP contribution in [0, 0.1) is 0 Å². The maximum absolute atomic E-state index is 12.1. The number of aliphatic imine (C=N–C) groups is 1. The third-order valence-electron chi connectivity index (χ3n) is 4.63. The summed E-state index contributed by atoms with van der Waals surface area (Å²) in [6.45, 7) is 2.47. The predicted octanol–water partition coefficient (Wildman–Crippen LogP) is 2.45. The second kappa shape index (κ2) is 10.2. The highest BCUT2D eigenvalue weighted by Gasteiger charge is 2.27. The molecular formula is C20H25F3N6O. The van der Waals surface area contributed by atoms with Crippen molar-refractivity contribution in [2.75, 3.05) is 44.7 Å². The van der Waals surface area contributed by atoms with Gasteiger partial charge in [-0.05, 0) is 17.2 Å². The normalized spacial score (nSPS) is 15.4. The number of aromatic nitrogens is 2. The number of anilines is 1. The van der Waals surface area contributed by atoms with E-state index in [0.29, 0.717) is 12.1 Å². The molecule has 1 aromatic heterocycles. The largest absolute Gasteiger partial charge is 0.411 e. The molecule has 1 N–H and O–H groups in total. The fourth-order valence-corrected chi connectivity index (χ4v) is 3.12. The van der Waals surface area contributed by atoms with Crippen LogP contribution < -0.4 is 10.2 Å². The Hall–Kier alpha value is -2.88. The summed E-state index contributed by atoms with van der Waals surface area (Å²) in [5, 5.41) is 3.34. The molecule has 1 aliphatic rings. The van der Waals surface area contributed by atoms with Gasteiger partial charge >= 0.3 is 6.18 Å². The molecule has 0 saturated carbocycles. The van der Waals surface area contributed by atoms with Crippen LogP contribution in [-0.2, 0) is 17.9 Å². The number of nitrogens with zero attached hydrogens (tertiary/aromatic N) is 5. The van der Waals surface area contributed by atoms with E-state index < -0.39 is 12.8 Å². The van der Waals surface area contributed by atoms with Gasteiger partial charge in [0.05, 0.1) is 6.61 Å². The third kappa shape index (κ3) is 6.58. The first-order valence-corrected chi connectivity index (χ1v) is 9.64. The van der Waals surface area contributed by atoms with Gasteiger partial charge in [-0.25, -0.2) is 9.97 Å². The van der Waals surface area contributed by atoms with Gasteiger partial charge in [0.1, 0.15) is 6.61 Å². The first kappa shape index (κ1) is 21.8. The number of hydrogen-bond donors (Lipinski definition) is 1. The predicted molar refractivity (Wildman–Crippen MR) is 108 cm³/mol. The van der Waals surface area contributed by atoms with Crippen LogP contribution in [0.15, 0.2) is 47.7 Å². The highest BCUT2D eigenvalue weighted by Crippen LogP contribution is 2.16. The van der Waals surface area contributed by atoms with E-state index in [1.54, 1.807) is 37.6 Å². The second-order valence-electron chi connectivity index (χ2n) is 6.85. The minimum Gasteiger partial charge on any atom is -0.367 e. The summed E-state index contributed by atoms with van der Waals surface area (Å²) in [6.07, 6.45) is -0.828. The fourth-order valence-electron chi connectivity index (χ4n) is 3.12. The fraction of sp³-hybridized carbons (Fsp3) is 0.450. The van der Waals surface area contributed by atoms with Crippen LogP contribution in [0.1, 0.15) is 11.1 Å². The molecule has 0 spiro atoms. The number of ether oxygens (including phenoxy) is 1. The van der Waals surface area contributed by atoms with Gasteiger partial charge in [0.25, 0.3) is 0 Å². The van der Waals surface area contributed by atoms with Gasteiger partial charge in [-0.1, -0.05) is 24.3 Å². The molecule has 3 rings (SSSR count). The molecule has 0 atom stereocenters. The number of guanidine groups is 1. The molecule has 30 heavy (non-hydrogen) atoms. The molecule has 0 bridgehead atoms. The Morgan fingerprint density at radius 1 is 1.07 bits per heavy atom. The molecule has 0 amide bonds. The Bertz CT molecular complexity index is 806. The van der Waals surface area contributed by atoms with Gasteiger partial charge in [0, 0.05) is 52.2 Å². The number of halogens is 3. The lowest BCUT2D eigenvalue weighted by molar-refractivity contribution is -0.176. The number of piperazine rings is 1. The molecule has 1 aliphatic heterocycles. The van der Waals surface area contributed by atoms with Crippen molar-refractivity contribution in [2.45, 2.75) is 19.3 Å². The van der Waals surface area contributed by atoms with Gasteiger partial charge in [0.15, 0.2) is 5.96 Å². The second-order valence-corrected chi connectivity index (χ2v) is 6.85. The molecule has 2 heterocycles. The number of alkyl halides is 3. The summed E-state index contributed by atoms with van der Waals surface area (Å²) in [5.74, 6) is 1.54.